The zero-order chi connectivity index (χ0) is 15.5. The summed E-state index contributed by atoms with van der Waals surface area (Å²) in [5.74, 6) is -0.208. The number of anilines is 2. The van der Waals surface area contributed by atoms with Crippen molar-refractivity contribution in [2.75, 3.05) is 5.32 Å². The number of nitrogens with one attached hydrogen (secondary N) is 2. The van der Waals surface area contributed by atoms with Crippen LogP contribution in [0.1, 0.15) is 5.56 Å². The Morgan fingerprint density at radius 3 is 2.68 bits per heavy atom. The molecule has 5 heteroatoms. The van der Waals surface area contributed by atoms with Gasteiger partial charge in [0.2, 0.25) is 5.95 Å². The summed E-state index contributed by atoms with van der Waals surface area (Å²) in [6, 6.07) is 15.3. The number of nitrogens with zero attached hydrogens (tertiary/aromatic N) is 1. The van der Waals surface area contributed by atoms with Crippen LogP contribution in [0.25, 0.3) is 11.3 Å². The van der Waals surface area contributed by atoms with Crippen molar-refractivity contribution < 1.29 is 4.39 Å². The van der Waals surface area contributed by atoms with Crippen molar-refractivity contribution >= 4 is 11.6 Å². The molecule has 110 valence electrons. The van der Waals surface area contributed by atoms with E-state index in [2.05, 4.69) is 15.3 Å². The van der Waals surface area contributed by atoms with Gasteiger partial charge in [-0.15, -0.1) is 0 Å². The van der Waals surface area contributed by atoms with Crippen LogP contribution >= 0.6 is 0 Å². The van der Waals surface area contributed by atoms with Crippen LogP contribution in [0, 0.1) is 12.7 Å². The van der Waals surface area contributed by atoms with E-state index in [0.717, 1.165) is 11.1 Å². The zero-order valence-electron chi connectivity index (χ0n) is 11.9. The molecular formula is C17H14FN3O. The monoisotopic (exact) mass is 295 g/mol. The molecule has 4 nitrogen and oxygen atoms in total. The number of aromatic amines is 1. The number of aryl methyl sites for hydroxylation is 1. The van der Waals surface area contributed by atoms with Crippen molar-refractivity contribution in [1.29, 1.82) is 0 Å². The van der Waals surface area contributed by atoms with E-state index in [0.29, 0.717) is 5.69 Å². The number of rotatable bonds is 3. The number of para-hydroxylation sites is 1. The van der Waals surface area contributed by atoms with E-state index in [9.17, 15) is 9.18 Å². The van der Waals surface area contributed by atoms with E-state index in [1.165, 1.54) is 12.1 Å². The predicted molar refractivity (Wildman–Crippen MR) is 84.7 cm³/mol. The lowest BCUT2D eigenvalue weighted by Gasteiger charge is -2.08. The molecule has 2 aromatic carbocycles. The lowest BCUT2D eigenvalue weighted by Crippen LogP contribution is -2.11. The SMILES string of the molecule is Cc1cccc(-c2cc(=O)[nH]c(Nc3ccccc3F)n2)c1. The summed E-state index contributed by atoms with van der Waals surface area (Å²) in [5, 5.41) is 2.80. The summed E-state index contributed by atoms with van der Waals surface area (Å²) >= 11 is 0. The Labute approximate surface area is 126 Å². The van der Waals surface area contributed by atoms with Gasteiger partial charge >= 0.3 is 0 Å². The van der Waals surface area contributed by atoms with E-state index >= 15 is 0 Å². The summed E-state index contributed by atoms with van der Waals surface area (Å²) in [7, 11) is 0. The first-order valence-electron chi connectivity index (χ1n) is 6.82. The molecule has 0 unspecified atom stereocenters. The van der Waals surface area contributed by atoms with Gasteiger partial charge in [-0.2, -0.15) is 0 Å². The molecule has 0 fully saturated rings. The van der Waals surface area contributed by atoms with Gasteiger partial charge in [-0.3, -0.25) is 9.78 Å². The minimum absolute atomic E-state index is 0.203. The Balaban J connectivity index is 2.00. The van der Waals surface area contributed by atoms with Crippen LogP contribution in [-0.2, 0) is 0 Å². The van der Waals surface area contributed by atoms with Crippen molar-refractivity contribution in [1.82, 2.24) is 9.97 Å². The first-order valence-corrected chi connectivity index (χ1v) is 6.82. The lowest BCUT2D eigenvalue weighted by molar-refractivity contribution is 0.631. The molecule has 0 bridgehead atoms. The third-order valence-electron chi connectivity index (χ3n) is 3.18. The van der Waals surface area contributed by atoms with Crippen LogP contribution in [0.15, 0.2) is 59.4 Å². The summed E-state index contributed by atoms with van der Waals surface area (Å²) in [5.41, 5.74) is 2.40. The van der Waals surface area contributed by atoms with Gasteiger partial charge in [0.25, 0.3) is 5.56 Å². The molecular weight excluding hydrogens is 281 g/mol. The number of halogens is 1. The van der Waals surface area contributed by atoms with Gasteiger partial charge in [-0.1, -0.05) is 35.9 Å². The molecule has 22 heavy (non-hydrogen) atoms. The minimum Gasteiger partial charge on any atom is -0.323 e. The van der Waals surface area contributed by atoms with E-state index in [4.69, 9.17) is 0 Å². The van der Waals surface area contributed by atoms with Crippen LogP contribution < -0.4 is 10.9 Å². The largest absolute Gasteiger partial charge is 0.323 e. The number of hydrogen-bond donors (Lipinski definition) is 2. The molecule has 0 spiro atoms. The lowest BCUT2D eigenvalue weighted by atomic mass is 10.1. The van der Waals surface area contributed by atoms with Gasteiger partial charge in [0.05, 0.1) is 11.4 Å². The molecule has 3 rings (SSSR count). The molecule has 0 aliphatic rings. The van der Waals surface area contributed by atoms with Crippen LogP contribution in [0.5, 0.6) is 0 Å². The highest BCUT2D eigenvalue weighted by Gasteiger charge is 2.06. The molecule has 0 atom stereocenters. The maximum Gasteiger partial charge on any atom is 0.252 e. The zero-order valence-corrected chi connectivity index (χ0v) is 11.9. The Hall–Kier alpha value is -2.95. The van der Waals surface area contributed by atoms with Gasteiger partial charge in [-0.25, -0.2) is 9.37 Å². The third-order valence-corrected chi connectivity index (χ3v) is 3.18. The molecule has 2 N–H and O–H groups in total. The van der Waals surface area contributed by atoms with Crippen LogP contribution in [0.3, 0.4) is 0 Å². The normalized spacial score (nSPS) is 10.5. The van der Waals surface area contributed by atoms with Crippen LogP contribution in [0.4, 0.5) is 16.0 Å². The number of benzene rings is 2. The molecule has 0 aliphatic carbocycles. The van der Waals surface area contributed by atoms with E-state index < -0.39 is 5.82 Å². The fraction of sp³-hybridized carbons (Fsp3) is 0.0588. The highest BCUT2D eigenvalue weighted by atomic mass is 19.1. The Kier molecular flexibility index (Phi) is 3.70. The van der Waals surface area contributed by atoms with Crippen LogP contribution in [-0.4, -0.2) is 9.97 Å². The van der Waals surface area contributed by atoms with E-state index in [1.807, 2.05) is 31.2 Å². The summed E-state index contributed by atoms with van der Waals surface area (Å²) < 4.78 is 13.7. The first kappa shape index (κ1) is 14.0. The summed E-state index contributed by atoms with van der Waals surface area (Å²) in [4.78, 5) is 18.7. The van der Waals surface area contributed by atoms with Gasteiger partial charge in [0.15, 0.2) is 0 Å². The fourth-order valence-corrected chi connectivity index (χ4v) is 2.16. The number of H-pyrrole nitrogens is 1. The quantitative estimate of drug-likeness (QED) is 0.775. The molecule has 0 aliphatic heterocycles. The second-order valence-electron chi connectivity index (χ2n) is 4.95. The van der Waals surface area contributed by atoms with Gasteiger partial charge in [0, 0.05) is 11.6 Å². The Morgan fingerprint density at radius 2 is 1.91 bits per heavy atom. The van der Waals surface area contributed by atoms with E-state index in [-0.39, 0.29) is 17.2 Å². The van der Waals surface area contributed by atoms with Gasteiger partial charge in [0.1, 0.15) is 5.82 Å². The van der Waals surface area contributed by atoms with E-state index in [1.54, 1.807) is 18.2 Å². The molecule has 0 radical (unpaired) electrons. The van der Waals surface area contributed by atoms with Gasteiger partial charge in [-0.05, 0) is 25.1 Å². The van der Waals surface area contributed by atoms with Crippen molar-refractivity contribution in [3.8, 4) is 11.3 Å². The standard InChI is InChI=1S/C17H14FN3O/c1-11-5-4-6-12(9-11)15-10-16(22)21-17(20-15)19-14-8-3-2-7-13(14)18/h2-10H,1H3,(H2,19,20,21,22). The molecule has 3 aromatic rings. The summed E-state index contributed by atoms with van der Waals surface area (Å²) in [6.07, 6.45) is 0. The van der Waals surface area contributed by atoms with Gasteiger partial charge < -0.3 is 5.32 Å². The average Bonchev–Trinajstić information content (AvgIpc) is 2.49. The van der Waals surface area contributed by atoms with Crippen molar-refractivity contribution in [3.05, 3.63) is 76.3 Å². The number of hydrogen-bond acceptors (Lipinski definition) is 3. The molecule has 1 aromatic heterocycles. The Bertz CT molecular complexity index is 874. The molecule has 1 heterocycles. The minimum atomic E-state index is -0.411. The average molecular weight is 295 g/mol. The first-order chi connectivity index (χ1) is 10.6. The van der Waals surface area contributed by atoms with Crippen molar-refractivity contribution in [2.45, 2.75) is 6.92 Å². The fourth-order valence-electron chi connectivity index (χ4n) is 2.16. The second-order valence-corrected chi connectivity index (χ2v) is 4.95. The maximum atomic E-state index is 13.7. The summed E-state index contributed by atoms with van der Waals surface area (Å²) in [6.45, 7) is 1.97. The smallest absolute Gasteiger partial charge is 0.252 e. The molecule has 0 saturated carbocycles. The highest BCUT2D eigenvalue weighted by Crippen LogP contribution is 2.20. The topological polar surface area (TPSA) is 57.8 Å². The highest BCUT2D eigenvalue weighted by molar-refractivity contribution is 5.62. The third kappa shape index (κ3) is 3.03. The number of aromatic nitrogens is 2. The molecule has 0 saturated heterocycles. The van der Waals surface area contributed by atoms with Crippen molar-refractivity contribution in [2.24, 2.45) is 0 Å². The molecule has 0 amide bonds. The van der Waals surface area contributed by atoms with Crippen LogP contribution in [0.2, 0.25) is 0 Å². The van der Waals surface area contributed by atoms with Crippen molar-refractivity contribution in [3.63, 3.8) is 0 Å². The maximum absolute atomic E-state index is 13.7. The predicted octanol–water partition coefficient (Wildman–Crippen LogP) is 3.63. The second kappa shape index (κ2) is 5.81. The Morgan fingerprint density at radius 1 is 1.09 bits per heavy atom.